The summed E-state index contributed by atoms with van der Waals surface area (Å²) in [5.74, 6) is 2.43. The van der Waals surface area contributed by atoms with Crippen LogP contribution in [0.5, 0.6) is 0 Å². The topological polar surface area (TPSA) is 64.9 Å². The van der Waals surface area contributed by atoms with Gasteiger partial charge in [-0.25, -0.2) is 0 Å². The summed E-state index contributed by atoms with van der Waals surface area (Å²) in [5.41, 5.74) is 5.66. The van der Waals surface area contributed by atoms with E-state index < -0.39 is 0 Å². The van der Waals surface area contributed by atoms with Crippen molar-refractivity contribution in [1.82, 2.24) is 10.1 Å². The van der Waals surface area contributed by atoms with E-state index in [2.05, 4.69) is 17.1 Å². The zero-order valence-electron chi connectivity index (χ0n) is 8.57. The van der Waals surface area contributed by atoms with Gasteiger partial charge in [-0.05, 0) is 19.3 Å². The zero-order valence-corrected chi connectivity index (χ0v) is 8.57. The fourth-order valence-corrected chi connectivity index (χ4v) is 1.61. The Hall–Kier alpha value is -0.900. The van der Waals surface area contributed by atoms with Crippen molar-refractivity contribution in [2.75, 3.05) is 6.54 Å². The van der Waals surface area contributed by atoms with Crippen molar-refractivity contribution < 1.29 is 4.52 Å². The summed E-state index contributed by atoms with van der Waals surface area (Å²) in [7, 11) is 0. The number of rotatable bonds is 5. The van der Waals surface area contributed by atoms with Gasteiger partial charge in [-0.3, -0.25) is 0 Å². The molecule has 0 amide bonds. The quantitative estimate of drug-likeness (QED) is 0.777. The van der Waals surface area contributed by atoms with Crippen LogP contribution < -0.4 is 5.73 Å². The molecule has 4 heteroatoms. The second-order valence-electron chi connectivity index (χ2n) is 3.99. The molecule has 78 valence electrons. The lowest BCUT2D eigenvalue weighted by Crippen LogP contribution is -2.12. The highest BCUT2D eigenvalue weighted by Crippen LogP contribution is 2.38. The summed E-state index contributed by atoms with van der Waals surface area (Å²) in [5, 5.41) is 3.99. The van der Waals surface area contributed by atoms with Crippen molar-refractivity contribution in [3.05, 3.63) is 11.7 Å². The van der Waals surface area contributed by atoms with Gasteiger partial charge in [-0.1, -0.05) is 18.5 Å². The highest BCUT2D eigenvalue weighted by atomic mass is 16.5. The van der Waals surface area contributed by atoms with Crippen LogP contribution in [0.3, 0.4) is 0 Å². The molecule has 1 unspecified atom stereocenters. The fourth-order valence-electron chi connectivity index (χ4n) is 1.61. The van der Waals surface area contributed by atoms with Gasteiger partial charge in [0.25, 0.3) is 0 Å². The smallest absolute Gasteiger partial charge is 0.231 e. The average molecular weight is 195 g/mol. The Labute approximate surface area is 83.9 Å². The second-order valence-corrected chi connectivity index (χ2v) is 3.99. The molecule has 0 aliphatic heterocycles. The first kappa shape index (κ1) is 9.65. The molecule has 4 nitrogen and oxygen atoms in total. The predicted octanol–water partition coefficient (Wildman–Crippen LogP) is 1.79. The second kappa shape index (κ2) is 4.09. The maximum Gasteiger partial charge on any atom is 0.231 e. The normalized spacial score (nSPS) is 18.4. The Morgan fingerprint density at radius 3 is 2.93 bits per heavy atom. The Bertz CT molecular complexity index is 293. The summed E-state index contributed by atoms with van der Waals surface area (Å²) in [4.78, 5) is 4.40. The molecule has 1 aromatic heterocycles. The average Bonchev–Trinajstić information content (AvgIpc) is 2.94. The monoisotopic (exact) mass is 195 g/mol. The Morgan fingerprint density at radius 2 is 2.36 bits per heavy atom. The zero-order chi connectivity index (χ0) is 9.97. The Kier molecular flexibility index (Phi) is 2.82. The van der Waals surface area contributed by atoms with Crippen LogP contribution in [0.25, 0.3) is 0 Å². The first-order chi connectivity index (χ1) is 6.85. The van der Waals surface area contributed by atoms with Gasteiger partial charge < -0.3 is 10.3 Å². The minimum Gasteiger partial charge on any atom is -0.339 e. The van der Waals surface area contributed by atoms with Crippen molar-refractivity contribution in [2.45, 2.75) is 44.4 Å². The third-order valence-electron chi connectivity index (χ3n) is 2.67. The van der Waals surface area contributed by atoms with E-state index in [0.29, 0.717) is 12.5 Å². The van der Waals surface area contributed by atoms with Crippen molar-refractivity contribution in [3.8, 4) is 0 Å². The lowest BCUT2D eigenvalue weighted by Gasteiger charge is -2.06. The molecule has 0 aromatic carbocycles. The van der Waals surface area contributed by atoms with E-state index in [1.165, 1.54) is 12.8 Å². The summed E-state index contributed by atoms with van der Waals surface area (Å²) < 4.78 is 5.23. The van der Waals surface area contributed by atoms with Gasteiger partial charge in [0.2, 0.25) is 5.89 Å². The number of nitrogens with two attached hydrogens (primary N) is 1. The Balaban J connectivity index is 2.05. The minimum atomic E-state index is 0.250. The molecule has 1 saturated carbocycles. The van der Waals surface area contributed by atoms with Gasteiger partial charge >= 0.3 is 0 Å². The van der Waals surface area contributed by atoms with Gasteiger partial charge in [-0.2, -0.15) is 4.98 Å². The molecule has 2 rings (SSSR count). The van der Waals surface area contributed by atoms with Crippen LogP contribution in [-0.4, -0.2) is 16.7 Å². The molecule has 1 aliphatic carbocycles. The third-order valence-corrected chi connectivity index (χ3v) is 2.67. The summed E-state index contributed by atoms with van der Waals surface area (Å²) in [6.45, 7) is 2.74. The van der Waals surface area contributed by atoms with Crippen LogP contribution in [0.4, 0.5) is 0 Å². The Morgan fingerprint density at radius 1 is 1.57 bits per heavy atom. The molecule has 0 radical (unpaired) electrons. The molecular formula is C10H17N3O. The molecule has 0 bridgehead atoms. The molecule has 14 heavy (non-hydrogen) atoms. The summed E-state index contributed by atoms with van der Waals surface area (Å²) >= 11 is 0. The van der Waals surface area contributed by atoms with E-state index >= 15 is 0 Å². The van der Waals surface area contributed by atoms with Crippen molar-refractivity contribution in [3.63, 3.8) is 0 Å². The maximum absolute atomic E-state index is 5.66. The SMILES string of the molecule is CCCC(CN)c1nc(C2CC2)no1. The molecule has 1 heterocycles. The van der Waals surface area contributed by atoms with Crippen LogP contribution in [0.1, 0.15) is 56.2 Å². The fraction of sp³-hybridized carbons (Fsp3) is 0.800. The molecule has 1 atom stereocenters. The highest BCUT2D eigenvalue weighted by Gasteiger charge is 2.29. The van der Waals surface area contributed by atoms with E-state index in [9.17, 15) is 0 Å². The van der Waals surface area contributed by atoms with E-state index in [4.69, 9.17) is 10.3 Å². The molecule has 0 spiro atoms. The summed E-state index contributed by atoms with van der Waals surface area (Å²) in [6, 6.07) is 0. The third kappa shape index (κ3) is 1.95. The van der Waals surface area contributed by atoms with Gasteiger partial charge in [-0.15, -0.1) is 0 Å². The molecule has 0 saturated heterocycles. The first-order valence-corrected chi connectivity index (χ1v) is 5.38. The van der Waals surface area contributed by atoms with Crippen LogP contribution in [0.2, 0.25) is 0 Å². The predicted molar refractivity (Wildman–Crippen MR) is 53.0 cm³/mol. The molecule has 2 N–H and O–H groups in total. The van der Waals surface area contributed by atoms with E-state index in [1.54, 1.807) is 0 Å². The molecule has 1 fully saturated rings. The number of aromatic nitrogens is 2. The number of nitrogens with zero attached hydrogens (tertiary/aromatic N) is 2. The lowest BCUT2D eigenvalue weighted by molar-refractivity contribution is 0.343. The molecule has 1 aliphatic rings. The van der Waals surface area contributed by atoms with Gasteiger partial charge in [0.1, 0.15) is 0 Å². The standard InChI is InChI=1S/C10H17N3O/c1-2-3-8(6-11)10-12-9(13-14-10)7-4-5-7/h7-8H,2-6,11H2,1H3. The largest absolute Gasteiger partial charge is 0.339 e. The van der Waals surface area contributed by atoms with Crippen LogP contribution in [0, 0.1) is 0 Å². The number of hydrogen-bond donors (Lipinski definition) is 1. The van der Waals surface area contributed by atoms with Gasteiger partial charge in [0.15, 0.2) is 5.82 Å². The van der Waals surface area contributed by atoms with Crippen LogP contribution in [0.15, 0.2) is 4.52 Å². The van der Waals surface area contributed by atoms with Gasteiger partial charge in [0.05, 0.1) is 5.92 Å². The first-order valence-electron chi connectivity index (χ1n) is 5.38. The van der Waals surface area contributed by atoms with Crippen LogP contribution in [-0.2, 0) is 0 Å². The van der Waals surface area contributed by atoms with Crippen molar-refractivity contribution in [1.29, 1.82) is 0 Å². The minimum absolute atomic E-state index is 0.250. The van der Waals surface area contributed by atoms with Crippen molar-refractivity contribution in [2.24, 2.45) is 5.73 Å². The molecular weight excluding hydrogens is 178 g/mol. The van der Waals surface area contributed by atoms with E-state index in [-0.39, 0.29) is 5.92 Å². The summed E-state index contributed by atoms with van der Waals surface area (Å²) in [6.07, 6.45) is 4.55. The van der Waals surface area contributed by atoms with E-state index in [0.717, 1.165) is 24.6 Å². The molecule has 1 aromatic rings. The highest BCUT2D eigenvalue weighted by molar-refractivity contribution is 5.05. The maximum atomic E-state index is 5.66. The van der Waals surface area contributed by atoms with Gasteiger partial charge in [0, 0.05) is 12.5 Å². The number of hydrogen-bond acceptors (Lipinski definition) is 4. The lowest BCUT2D eigenvalue weighted by atomic mass is 10.0. The van der Waals surface area contributed by atoms with Crippen LogP contribution >= 0.6 is 0 Å². The van der Waals surface area contributed by atoms with E-state index in [1.807, 2.05) is 0 Å². The van der Waals surface area contributed by atoms with Crippen molar-refractivity contribution >= 4 is 0 Å².